The summed E-state index contributed by atoms with van der Waals surface area (Å²) >= 11 is 1.27. The number of fused-ring (bicyclic) bond motifs is 1. The number of carbonyl (C=O) groups excluding carboxylic acids is 1. The molecule has 2 aromatic rings. The maximum absolute atomic E-state index is 12.2. The van der Waals surface area contributed by atoms with E-state index in [-0.39, 0.29) is 11.9 Å². The summed E-state index contributed by atoms with van der Waals surface area (Å²) in [4.78, 5) is 12.2. The first kappa shape index (κ1) is 12.3. The summed E-state index contributed by atoms with van der Waals surface area (Å²) in [5.41, 5.74) is 3.41. The molecule has 1 amide bonds. The number of benzene rings is 1. The van der Waals surface area contributed by atoms with Crippen molar-refractivity contribution in [2.75, 3.05) is 0 Å². The van der Waals surface area contributed by atoms with Crippen LogP contribution >= 0.6 is 11.5 Å². The van der Waals surface area contributed by atoms with Gasteiger partial charge >= 0.3 is 0 Å². The standard InChI is InChI=1S/C14H14N2O2S/c1-8-11(7-19-16-8)14(18)15-13-10-5-3-2-4-9(10)6-12(13)17/h2-5,7,12-13,17H,6H2,1H3,(H,15,18)/t12-,13+/m1/s1. The van der Waals surface area contributed by atoms with Gasteiger partial charge in [0.05, 0.1) is 23.4 Å². The van der Waals surface area contributed by atoms with Gasteiger partial charge in [0, 0.05) is 11.8 Å². The van der Waals surface area contributed by atoms with Crippen LogP contribution in [0.4, 0.5) is 0 Å². The van der Waals surface area contributed by atoms with Crippen LogP contribution in [0.1, 0.15) is 33.2 Å². The van der Waals surface area contributed by atoms with Crippen molar-refractivity contribution in [3.63, 3.8) is 0 Å². The highest BCUT2D eigenvalue weighted by atomic mass is 32.1. The molecule has 5 heteroatoms. The van der Waals surface area contributed by atoms with E-state index in [9.17, 15) is 9.90 Å². The van der Waals surface area contributed by atoms with Crippen molar-refractivity contribution in [2.45, 2.75) is 25.5 Å². The molecule has 0 spiro atoms. The molecule has 0 aliphatic heterocycles. The van der Waals surface area contributed by atoms with Gasteiger partial charge in [-0.2, -0.15) is 4.37 Å². The molecule has 0 unspecified atom stereocenters. The third kappa shape index (κ3) is 2.15. The van der Waals surface area contributed by atoms with E-state index in [2.05, 4.69) is 9.69 Å². The number of amides is 1. The van der Waals surface area contributed by atoms with Gasteiger partial charge in [0.1, 0.15) is 0 Å². The zero-order chi connectivity index (χ0) is 13.4. The Morgan fingerprint density at radius 3 is 3.00 bits per heavy atom. The summed E-state index contributed by atoms with van der Waals surface area (Å²) in [5.74, 6) is -0.174. The number of nitrogens with zero attached hydrogens (tertiary/aromatic N) is 1. The van der Waals surface area contributed by atoms with Gasteiger partial charge in [0.2, 0.25) is 0 Å². The first-order valence-corrected chi connectivity index (χ1v) is 6.98. The highest BCUT2D eigenvalue weighted by molar-refractivity contribution is 7.03. The van der Waals surface area contributed by atoms with Gasteiger partial charge in [-0.1, -0.05) is 24.3 Å². The SMILES string of the molecule is Cc1nscc1C(=O)N[C@H]1c2ccccc2C[C@H]1O. The lowest BCUT2D eigenvalue weighted by Gasteiger charge is -2.17. The molecular weight excluding hydrogens is 260 g/mol. The third-order valence-electron chi connectivity index (χ3n) is 3.49. The van der Waals surface area contributed by atoms with Gasteiger partial charge in [-0.3, -0.25) is 4.79 Å². The van der Waals surface area contributed by atoms with Crippen LogP contribution in [0.15, 0.2) is 29.6 Å². The number of hydrogen-bond acceptors (Lipinski definition) is 4. The predicted molar refractivity (Wildman–Crippen MR) is 73.2 cm³/mol. The summed E-state index contributed by atoms with van der Waals surface area (Å²) < 4.78 is 4.09. The van der Waals surface area contributed by atoms with E-state index < -0.39 is 6.10 Å². The largest absolute Gasteiger partial charge is 0.390 e. The molecule has 1 aromatic heterocycles. The second kappa shape index (κ2) is 4.75. The van der Waals surface area contributed by atoms with E-state index in [1.54, 1.807) is 5.38 Å². The molecule has 0 saturated carbocycles. The molecule has 19 heavy (non-hydrogen) atoms. The molecule has 3 rings (SSSR count). The van der Waals surface area contributed by atoms with Gasteiger partial charge in [0.15, 0.2) is 0 Å². The lowest BCUT2D eigenvalue weighted by atomic mass is 10.1. The number of aliphatic hydroxyl groups is 1. The summed E-state index contributed by atoms with van der Waals surface area (Å²) in [6.45, 7) is 1.81. The fourth-order valence-electron chi connectivity index (χ4n) is 2.48. The number of aryl methyl sites for hydroxylation is 1. The molecule has 0 fully saturated rings. The monoisotopic (exact) mass is 274 g/mol. The Kier molecular flexibility index (Phi) is 3.08. The van der Waals surface area contributed by atoms with Gasteiger partial charge in [-0.25, -0.2) is 0 Å². The number of nitrogens with one attached hydrogen (secondary N) is 1. The van der Waals surface area contributed by atoms with Crippen molar-refractivity contribution >= 4 is 17.4 Å². The molecule has 0 bridgehead atoms. The molecule has 1 heterocycles. The molecule has 2 atom stereocenters. The van der Waals surface area contributed by atoms with Crippen LogP contribution in [0.2, 0.25) is 0 Å². The van der Waals surface area contributed by atoms with Crippen molar-refractivity contribution in [3.05, 3.63) is 52.0 Å². The normalized spacial score (nSPS) is 21.2. The van der Waals surface area contributed by atoms with Crippen LogP contribution in [0.3, 0.4) is 0 Å². The zero-order valence-corrected chi connectivity index (χ0v) is 11.3. The Balaban J connectivity index is 1.84. The molecular formula is C14H14N2O2S. The lowest BCUT2D eigenvalue weighted by Crippen LogP contribution is -2.34. The first-order chi connectivity index (χ1) is 9.16. The minimum Gasteiger partial charge on any atom is -0.390 e. The van der Waals surface area contributed by atoms with E-state index >= 15 is 0 Å². The van der Waals surface area contributed by atoms with Crippen molar-refractivity contribution in [3.8, 4) is 0 Å². The number of hydrogen-bond donors (Lipinski definition) is 2. The van der Waals surface area contributed by atoms with Crippen LogP contribution in [-0.2, 0) is 6.42 Å². The second-order valence-electron chi connectivity index (χ2n) is 4.74. The second-order valence-corrected chi connectivity index (χ2v) is 5.36. The van der Waals surface area contributed by atoms with E-state index in [4.69, 9.17) is 0 Å². The van der Waals surface area contributed by atoms with Crippen molar-refractivity contribution < 1.29 is 9.90 Å². The van der Waals surface area contributed by atoms with E-state index in [1.807, 2.05) is 31.2 Å². The van der Waals surface area contributed by atoms with Crippen LogP contribution in [0.25, 0.3) is 0 Å². The van der Waals surface area contributed by atoms with Crippen molar-refractivity contribution in [2.24, 2.45) is 0 Å². The van der Waals surface area contributed by atoms with Crippen molar-refractivity contribution in [1.82, 2.24) is 9.69 Å². The molecule has 1 aliphatic rings. The summed E-state index contributed by atoms with van der Waals surface area (Å²) in [6, 6.07) is 7.48. The van der Waals surface area contributed by atoms with Gasteiger partial charge < -0.3 is 10.4 Å². The van der Waals surface area contributed by atoms with Crippen LogP contribution < -0.4 is 5.32 Å². The van der Waals surface area contributed by atoms with Crippen molar-refractivity contribution in [1.29, 1.82) is 0 Å². The minimum atomic E-state index is -0.562. The Morgan fingerprint density at radius 2 is 2.26 bits per heavy atom. The number of carbonyl (C=O) groups is 1. The average molecular weight is 274 g/mol. The maximum atomic E-state index is 12.2. The molecule has 2 N–H and O–H groups in total. The van der Waals surface area contributed by atoms with Gasteiger partial charge in [-0.15, -0.1) is 0 Å². The van der Waals surface area contributed by atoms with E-state index in [1.165, 1.54) is 11.5 Å². The van der Waals surface area contributed by atoms with Crippen LogP contribution in [0, 0.1) is 6.92 Å². The van der Waals surface area contributed by atoms with Crippen LogP contribution in [0.5, 0.6) is 0 Å². The molecule has 1 aliphatic carbocycles. The molecule has 1 aromatic carbocycles. The average Bonchev–Trinajstić information content (AvgIpc) is 2.94. The Hall–Kier alpha value is -1.72. The fraction of sp³-hybridized carbons (Fsp3) is 0.286. The fourth-order valence-corrected chi connectivity index (χ4v) is 3.17. The Morgan fingerprint density at radius 1 is 1.47 bits per heavy atom. The topological polar surface area (TPSA) is 62.2 Å². The Bertz CT molecular complexity index is 623. The molecule has 0 saturated heterocycles. The summed E-state index contributed by atoms with van der Waals surface area (Å²) in [7, 11) is 0. The summed E-state index contributed by atoms with van der Waals surface area (Å²) in [6.07, 6.45) is 0.0235. The zero-order valence-electron chi connectivity index (χ0n) is 10.5. The smallest absolute Gasteiger partial charge is 0.254 e. The molecule has 4 nitrogen and oxygen atoms in total. The minimum absolute atomic E-state index is 0.174. The van der Waals surface area contributed by atoms with Crippen LogP contribution in [-0.4, -0.2) is 21.5 Å². The molecule has 0 radical (unpaired) electrons. The Labute approximate surface area is 115 Å². The predicted octanol–water partition coefficient (Wildman–Crippen LogP) is 1.84. The van der Waals surface area contributed by atoms with Gasteiger partial charge in [0.25, 0.3) is 5.91 Å². The maximum Gasteiger partial charge on any atom is 0.254 e. The number of aromatic nitrogens is 1. The number of rotatable bonds is 2. The number of aliphatic hydroxyl groups excluding tert-OH is 1. The first-order valence-electron chi connectivity index (χ1n) is 6.14. The van der Waals surface area contributed by atoms with E-state index in [0.29, 0.717) is 12.0 Å². The summed E-state index contributed by atoms with van der Waals surface area (Å²) in [5, 5.41) is 14.7. The highest BCUT2D eigenvalue weighted by Gasteiger charge is 2.32. The van der Waals surface area contributed by atoms with E-state index in [0.717, 1.165) is 16.8 Å². The van der Waals surface area contributed by atoms with Gasteiger partial charge in [-0.05, 0) is 29.6 Å². The third-order valence-corrected chi connectivity index (χ3v) is 4.21. The highest BCUT2D eigenvalue weighted by Crippen LogP contribution is 2.31. The molecule has 98 valence electrons. The lowest BCUT2D eigenvalue weighted by molar-refractivity contribution is 0.0858. The quantitative estimate of drug-likeness (QED) is 0.878.